The zero-order valence-corrected chi connectivity index (χ0v) is 8.83. The number of hydrogen-bond acceptors (Lipinski definition) is 2. The minimum Gasteiger partial charge on any atom is -0.312 e. The molecule has 0 bridgehead atoms. The summed E-state index contributed by atoms with van der Waals surface area (Å²) in [4.78, 5) is 24.0. The molecule has 1 aliphatic carbocycles. The van der Waals surface area contributed by atoms with Crippen molar-refractivity contribution < 1.29 is 9.59 Å². The van der Waals surface area contributed by atoms with Crippen LogP contribution in [0.1, 0.15) is 27.2 Å². The van der Waals surface area contributed by atoms with Crippen molar-refractivity contribution in [2.24, 2.45) is 11.3 Å². The maximum atomic E-state index is 11.4. The Kier molecular flexibility index (Phi) is 1.84. The Morgan fingerprint density at radius 3 is 2.50 bits per heavy atom. The molecule has 1 heterocycles. The van der Waals surface area contributed by atoms with Gasteiger partial charge in [0.25, 0.3) is 0 Å². The number of rotatable bonds is 2. The van der Waals surface area contributed by atoms with Gasteiger partial charge in [-0.05, 0) is 17.8 Å². The van der Waals surface area contributed by atoms with Crippen LogP contribution in [-0.2, 0) is 4.79 Å². The number of nitrogens with zero attached hydrogens (tertiary/aromatic N) is 1. The van der Waals surface area contributed by atoms with E-state index >= 15 is 0 Å². The molecule has 0 radical (unpaired) electrons. The summed E-state index contributed by atoms with van der Waals surface area (Å²) < 4.78 is 0. The summed E-state index contributed by atoms with van der Waals surface area (Å²) in [7, 11) is 0. The third kappa shape index (κ3) is 1.21. The molecular formula is C10H16N2O2. The highest BCUT2D eigenvalue weighted by molar-refractivity contribution is 6.02. The summed E-state index contributed by atoms with van der Waals surface area (Å²) in [5, 5.41) is 2.31. The molecule has 4 nitrogen and oxygen atoms in total. The van der Waals surface area contributed by atoms with E-state index in [1.54, 1.807) is 4.90 Å². The lowest BCUT2D eigenvalue weighted by atomic mass is 9.94. The van der Waals surface area contributed by atoms with Crippen molar-refractivity contribution in [3.8, 4) is 0 Å². The molecule has 2 rings (SSSR count). The van der Waals surface area contributed by atoms with E-state index < -0.39 is 0 Å². The van der Waals surface area contributed by atoms with Crippen molar-refractivity contribution in [3.63, 3.8) is 0 Å². The summed E-state index contributed by atoms with van der Waals surface area (Å²) in [5.41, 5.74) is 0.210. The largest absolute Gasteiger partial charge is 0.324 e. The summed E-state index contributed by atoms with van der Waals surface area (Å²) in [6, 6.07) is 0.0401. The van der Waals surface area contributed by atoms with Crippen molar-refractivity contribution >= 4 is 11.9 Å². The number of carbonyl (C=O) groups excluding carboxylic acids is 2. The van der Waals surface area contributed by atoms with E-state index in [1.807, 2.05) is 0 Å². The molecule has 2 fully saturated rings. The van der Waals surface area contributed by atoms with Gasteiger partial charge < -0.3 is 4.90 Å². The van der Waals surface area contributed by atoms with Gasteiger partial charge in [0.1, 0.15) is 6.54 Å². The van der Waals surface area contributed by atoms with Gasteiger partial charge in [-0.1, -0.05) is 20.8 Å². The predicted octanol–water partition coefficient (Wildman–Crippen LogP) is 0.973. The lowest BCUT2D eigenvalue weighted by Crippen LogP contribution is -2.33. The molecule has 0 aromatic heterocycles. The molecule has 3 amide bonds. The zero-order chi connectivity index (χ0) is 10.5. The molecule has 0 spiro atoms. The Hall–Kier alpha value is -1.06. The van der Waals surface area contributed by atoms with Crippen molar-refractivity contribution in [2.45, 2.75) is 33.2 Å². The maximum Gasteiger partial charge on any atom is 0.324 e. The van der Waals surface area contributed by atoms with E-state index in [0.717, 1.165) is 6.42 Å². The Morgan fingerprint density at radius 1 is 1.50 bits per heavy atom. The van der Waals surface area contributed by atoms with Crippen LogP contribution in [-0.4, -0.2) is 29.4 Å². The van der Waals surface area contributed by atoms with Crippen molar-refractivity contribution in [1.82, 2.24) is 10.2 Å². The fourth-order valence-corrected chi connectivity index (χ4v) is 2.15. The van der Waals surface area contributed by atoms with Crippen LogP contribution in [0.4, 0.5) is 4.79 Å². The molecule has 0 aromatic rings. The molecule has 1 saturated carbocycles. The van der Waals surface area contributed by atoms with E-state index in [1.165, 1.54) is 0 Å². The van der Waals surface area contributed by atoms with Gasteiger partial charge in [-0.25, -0.2) is 4.79 Å². The van der Waals surface area contributed by atoms with Crippen LogP contribution in [0.2, 0.25) is 0 Å². The van der Waals surface area contributed by atoms with Gasteiger partial charge in [0.15, 0.2) is 0 Å². The molecular weight excluding hydrogens is 180 g/mol. The number of urea groups is 1. The van der Waals surface area contributed by atoms with Gasteiger partial charge in [-0.15, -0.1) is 0 Å². The lowest BCUT2D eigenvalue weighted by Gasteiger charge is -2.20. The van der Waals surface area contributed by atoms with E-state index in [2.05, 4.69) is 26.1 Å². The standard InChI is InChI=1S/C10H16N2O2/c1-6(2)10(3)4-7(10)12-5-8(13)11-9(12)14/h6-7H,4-5H2,1-3H3,(H,11,13,14). The fourth-order valence-electron chi connectivity index (χ4n) is 2.15. The number of amides is 3. The summed E-state index contributed by atoms with van der Waals surface area (Å²) in [6.45, 7) is 6.75. The lowest BCUT2D eigenvalue weighted by molar-refractivity contribution is -0.118. The molecule has 4 heteroatoms. The van der Waals surface area contributed by atoms with Gasteiger partial charge in [-0.3, -0.25) is 10.1 Å². The van der Waals surface area contributed by atoms with E-state index in [0.29, 0.717) is 5.92 Å². The topological polar surface area (TPSA) is 49.4 Å². The van der Waals surface area contributed by atoms with Crippen LogP contribution in [0.3, 0.4) is 0 Å². The van der Waals surface area contributed by atoms with Gasteiger partial charge in [0, 0.05) is 6.04 Å². The SMILES string of the molecule is CC(C)C1(C)CC1N1CC(=O)NC1=O. The molecule has 78 valence electrons. The van der Waals surface area contributed by atoms with Gasteiger partial charge >= 0.3 is 6.03 Å². The van der Waals surface area contributed by atoms with Gasteiger partial charge in [-0.2, -0.15) is 0 Å². The molecule has 0 aromatic carbocycles. The highest BCUT2D eigenvalue weighted by Gasteiger charge is 2.57. The van der Waals surface area contributed by atoms with Crippen molar-refractivity contribution in [2.75, 3.05) is 6.54 Å². The third-order valence-corrected chi connectivity index (χ3v) is 3.75. The first-order chi connectivity index (χ1) is 6.45. The Balaban J connectivity index is 2.06. The third-order valence-electron chi connectivity index (χ3n) is 3.75. The second kappa shape index (κ2) is 2.72. The Morgan fingerprint density at radius 2 is 2.14 bits per heavy atom. The summed E-state index contributed by atoms with van der Waals surface area (Å²) in [6.07, 6.45) is 1.02. The first kappa shape index (κ1) is 9.49. The minimum absolute atomic E-state index is 0.173. The van der Waals surface area contributed by atoms with E-state index in [9.17, 15) is 9.59 Å². The second-order valence-corrected chi connectivity index (χ2v) is 4.86. The van der Waals surface area contributed by atoms with Crippen LogP contribution < -0.4 is 5.32 Å². The molecule has 2 unspecified atom stereocenters. The highest BCUT2D eigenvalue weighted by atomic mass is 16.2. The van der Waals surface area contributed by atoms with E-state index in [-0.39, 0.29) is 29.9 Å². The minimum atomic E-state index is -0.218. The Bertz CT molecular complexity index is 300. The van der Waals surface area contributed by atoms with E-state index in [4.69, 9.17) is 0 Å². The zero-order valence-electron chi connectivity index (χ0n) is 8.83. The molecule has 2 aliphatic rings. The van der Waals surface area contributed by atoms with Crippen LogP contribution in [0.25, 0.3) is 0 Å². The number of carbonyl (C=O) groups is 2. The summed E-state index contributed by atoms with van der Waals surface area (Å²) in [5.74, 6) is 0.379. The first-order valence-electron chi connectivity index (χ1n) is 5.05. The number of hydrogen-bond donors (Lipinski definition) is 1. The van der Waals surface area contributed by atoms with Gasteiger partial charge in [0.2, 0.25) is 5.91 Å². The summed E-state index contributed by atoms with van der Waals surface area (Å²) >= 11 is 0. The van der Waals surface area contributed by atoms with Crippen LogP contribution in [0.5, 0.6) is 0 Å². The smallest absolute Gasteiger partial charge is 0.312 e. The van der Waals surface area contributed by atoms with Crippen molar-refractivity contribution in [3.05, 3.63) is 0 Å². The van der Waals surface area contributed by atoms with Crippen LogP contribution in [0, 0.1) is 11.3 Å². The fraction of sp³-hybridized carbons (Fsp3) is 0.800. The Labute approximate surface area is 83.6 Å². The normalized spacial score (nSPS) is 36.6. The molecule has 1 N–H and O–H groups in total. The average molecular weight is 196 g/mol. The molecule has 2 atom stereocenters. The molecule has 14 heavy (non-hydrogen) atoms. The quantitative estimate of drug-likeness (QED) is 0.669. The highest BCUT2D eigenvalue weighted by Crippen LogP contribution is 2.54. The molecule has 1 saturated heterocycles. The second-order valence-electron chi connectivity index (χ2n) is 4.86. The van der Waals surface area contributed by atoms with Crippen molar-refractivity contribution in [1.29, 1.82) is 0 Å². The number of nitrogens with one attached hydrogen (secondary N) is 1. The number of imide groups is 1. The monoisotopic (exact) mass is 196 g/mol. The molecule has 1 aliphatic heterocycles. The average Bonchev–Trinajstić information content (AvgIpc) is 2.64. The van der Waals surface area contributed by atoms with Crippen LogP contribution in [0.15, 0.2) is 0 Å². The van der Waals surface area contributed by atoms with Crippen LogP contribution >= 0.6 is 0 Å². The first-order valence-corrected chi connectivity index (χ1v) is 5.05. The predicted molar refractivity (Wildman–Crippen MR) is 51.6 cm³/mol. The van der Waals surface area contributed by atoms with Gasteiger partial charge in [0.05, 0.1) is 0 Å². The maximum absolute atomic E-state index is 11.4.